The predicted molar refractivity (Wildman–Crippen MR) is 120 cm³/mol. The van der Waals surface area contributed by atoms with Crippen molar-refractivity contribution in [2.45, 2.75) is 45.7 Å². The lowest BCUT2D eigenvalue weighted by molar-refractivity contribution is -0.127. The smallest absolute Gasteiger partial charge is 0.254 e. The summed E-state index contributed by atoms with van der Waals surface area (Å²) in [6.07, 6.45) is 3.65. The number of piperidine rings is 1. The lowest BCUT2D eigenvalue weighted by atomic mass is 10.0. The zero-order valence-electron chi connectivity index (χ0n) is 19.1. The first kappa shape index (κ1) is 22.3. The van der Waals surface area contributed by atoms with Crippen LogP contribution >= 0.6 is 0 Å². The van der Waals surface area contributed by atoms with Gasteiger partial charge in [0.15, 0.2) is 0 Å². The van der Waals surface area contributed by atoms with Crippen molar-refractivity contribution in [2.24, 2.45) is 0 Å². The molecule has 0 bridgehead atoms. The van der Waals surface area contributed by atoms with Crippen LogP contribution in [0.3, 0.4) is 0 Å². The van der Waals surface area contributed by atoms with Crippen molar-refractivity contribution in [1.29, 1.82) is 0 Å². The van der Waals surface area contributed by atoms with Gasteiger partial charge in [-0.15, -0.1) is 0 Å². The Morgan fingerprint density at radius 2 is 1.88 bits per heavy atom. The van der Waals surface area contributed by atoms with E-state index in [0.717, 1.165) is 29.9 Å². The fourth-order valence-corrected chi connectivity index (χ4v) is 4.54. The number of anilines is 1. The number of benzene rings is 1. The van der Waals surface area contributed by atoms with Gasteiger partial charge in [-0.1, -0.05) is 16.4 Å². The molecular formula is C23H32N6O3. The van der Waals surface area contributed by atoms with E-state index in [1.165, 1.54) is 19.3 Å². The summed E-state index contributed by atoms with van der Waals surface area (Å²) in [7, 11) is 1.91. The number of carbonyl (C=O) groups is 2. The predicted octanol–water partition coefficient (Wildman–Crippen LogP) is 1.75. The van der Waals surface area contributed by atoms with Gasteiger partial charge in [0.25, 0.3) is 5.91 Å². The Bertz CT molecular complexity index is 968. The van der Waals surface area contributed by atoms with E-state index in [1.807, 2.05) is 31.0 Å². The van der Waals surface area contributed by atoms with Crippen molar-refractivity contribution in [3.05, 3.63) is 40.7 Å². The molecule has 0 spiro atoms. The summed E-state index contributed by atoms with van der Waals surface area (Å²) in [4.78, 5) is 32.5. The number of nitrogens with one attached hydrogen (secondary N) is 1. The fourth-order valence-electron chi connectivity index (χ4n) is 4.54. The maximum Gasteiger partial charge on any atom is 0.254 e. The van der Waals surface area contributed by atoms with E-state index in [4.69, 9.17) is 0 Å². The molecule has 172 valence electrons. The quantitative estimate of drug-likeness (QED) is 0.757. The van der Waals surface area contributed by atoms with Crippen molar-refractivity contribution in [1.82, 2.24) is 25.4 Å². The number of piperazine rings is 1. The minimum absolute atomic E-state index is 0.0104. The molecule has 1 N–H and O–H groups in total. The Hall–Kier alpha value is -2.94. The first-order valence-corrected chi connectivity index (χ1v) is 11.4. The molecule has 2 aliphatic heterocycles. The monoisotopic (exact) mass is 440 g/mol. The molecule has 9 heteroatoms. The number of nitrogens with zero attached hydrogens (tertiary/aromatic N) is 5. The molecule has 0 aliphatic carbocycles. The maximum atomic E-state index is 13.4. The summed E-state index contributed by atoms with van der Waals surface area (Å²) in [6, 6.07) is 5.56. The highest BCUT2D eigenvalue weighted by Crippen LogP contribution is 2.27. The Labute approximate surface area is 188 Å². The number of amides is 2. The average Bonchev–Trinajstić information content (AvgIpc) is 3.22. The molecule has 0 radical (unpaired) electrons. The summed E-state index contributed by atoms with van der Waals surface area (Å²) in [5.74, 6) is -0.144. The molecule has 0 saturated carbocycles. The molecule has 2 amide bonds. The standard InChI is InChI=1S/C23H32N6O3/c1-16-18(8-7-9-20(16)28-10-5-4-6-11-28)23(31)29-13-12-27(3)21(15-29)22(30)24-14-19-17(2)25-32-26-19/h7-9,21H,4-6,10-15H2,1-3H3,(H,24,30)/t21-/m1/s1. The molecule has 9 nitrogen and oxygen atoms in total. The van der Waals surface area contributed by atoms with Crippen molar-refractivity contribution < 1.29 is 14.2 Å². The Balaban J connectivity index is 1.45. The third kappa shape index (κ3) is 4.62. The van der Waals surface area contributed by atoms with Crippen LogP contribution in [-0.4, -0.2) is 77.7 Å². The number of hydrogen-bond acceptors (Lipinski definition) is 7. The first-order valence-electron chi connectivity index (χ1n) is 11.4. The second-order valence-corrected chi connectivity index (χ2v) is 8.76. The van der Waals surface area contributed by atoms with Crippen molar-refractivity contribution in [3.63, 3.8) is 0 Å². The Morgan fingerprint density at radius 3 is 2.59 bits per heavy atom. The number of rotatable bonds is 5. The average molecular weight is 441 g/mol. The van der Waals surface area contributed by atoms with Gasteiger partial charge in [0, 0.05) is 44.0 Å². The highest BCUT2D eigenvalue weighted by atomic mass is 16.6. The maximum absolute atomic E-state index is 13.4. The molecule has 1 aromatic carbocycles. The van der Waals surface area contributed by atoms with Crippen LogP contribution in [-0.2, 0) is 11.3 Å². The van der Waals surface area contributed by atoms with Crippen LogP contribution in [0, 0.1) is 13.8 Å². The molecule has 3 heterocycles. The summed E-state index contributed by atoms with van der Waals surface area (Å²) in [5.41, 5.74) is 4.16. The molecule has 1 atom stereocenters. The van der Waals surface area contributed by atoms with Crippen LogP contribution in [0.5, 0.6) is 0 Å². The third-order valence-electron chi connectivity index (χ3n) is 6.65. The second-order valence-electron chi connectivity index (χ2n) is 8.76. The second kappa shape index (κ2) is 9.68. The number of aryl methyl sites for hydroxylation is 1. The van der Waals surface area contributed by atoms with E-state index in [0.29, 0.717) is 31.0 Å². The molecule has 2 aromatic rings. The lowest BCUT2D eigenvalue weighted by Crippen LogP contribution is -2.58. The largest absolute Gasteiger partial charge is 0.371 e. The van der Waals surface area contributed by atoms with Crippen LogP contribution in [0.15, 0.2) is 22.8 Å². The van der Waals surface area contributed by atoms with Crippen LogP contribution in [0.25, 0.3) is 0 Å². The lowest BCUT2D eigenvalue weighted by Gasteiger charge is -2.39. The van der Waals surface area contributed by atoms with E-state index in [-0.39, 0.29) is 18.4 Å². The summed E-state index contributed by atoms with van der Waals surface area (Å²) < 4.78 is 4.69. The minimum Gasteiger partial charge on any atom is -0.371 e. The topological polar surface area (TPSA) is 94.8 Å². The van der Waals surface area contributed by atoms with Gasteiger partial charge in [-0.3, -0.25) is 14.5 Å². The van der Waals surface area contributed by atoms with E-state index in [1.54, 1.807) is 11.8 Å². The molecule has 2 aliphatic rings. The Morgan fingerprint density at radius 1 is 1.09 bits per heavy atom. The van der Waals surface area contributed by atoms with Crippen LogP contribution in [0.2, 0.25) is 0 Å². The number of likely N-dealkylation sites (N-methyl/N-ethyl adjacent to an activating group) is 1. The van der Waals surface area contributed by atoms with Crippen molar-refractivity contribution in [2.75, 3.05) is 44.7 Å². The fraction of sp³-hybridized carbons (Fsp3) is 0.565. The van der Waals surface area contributed by atoms with E-state index >= 15 is 0 Å². The van der Waals surface area contributed by atoms with Crippen molar-refractivity contribution >= 4 is 17.5 Å². The molecule has 2 saturated heterocycles. The first-order chi connectivity index (χ1) is 15.5. The number of carbonyl (C=O) groups excluding carboxylic acids is 2. The number of aromatic nitrogens is 2. The SMILES string of the molecule is Cc1nonc1CNC(=O)[C@H]1CN(C(=O)c2cccc(N3CCCCC3)c2C)CCN1C. The van der Waals surface area contributed by atoms with Gasteiger partial charge in [-0.2, -0.15) is 0 Å². The molecule has 4 rings (SSSR count). The number of hydrogen-bond donors (Lipinski definition) is 1. The summed E-state index contributed by atoms with van der Waals surface area (Å²) >= 11 is 0. The Kier molecular flexibility index (Phi) is 6.74. The third-order valence-corrected chi connectivity index (χ3v) is 6.65. The van der Waals surface area contributed by atoms with Crippen LogP contribution in [0.1, 0.15) is 46.6 Å². The van der Waals surface area contributed by atoms with Crippen LogP contribution in [0.4, 0.5) is 5.69 Å². The molecular weight excluding hydrogens is 408 g/mol. The molecule has 32 heavy (non-hydrogen) atoms. The highest BCUT2D eigenvalue weighted by molar-refractivity contribution is 5.97. The molecule has 1 aromatic heterocycles. The van der Waals surface area contributed by atoms with Gasteiger partial charge >= 0.3 is 0 Å². The zero-order valence-corrected chi connectivity index (χ0v) is 19.1. The van der Waals surface area contributed by atoms with Gasteiger partial charge in [0.05, 0.1) is 6.54 Å². The van der Waals surface area contributed by atoms with Crippen molar-refractivity contribution in [3.8, 4) is 0 Å². The van der Waals surface area contributed by atoms with Gasteiger partial charge in [0.1, 0.15) is 17.4 Å². The summed E-state index contributed by atoms with van der Waals surface area (Å²) in [5, 5.41) is 10.4. The minimum atomic E-state index is -0.418. The zero-order chi connectivity index (χ0) is 22.7. The van der Waals surface area contributed by atoms with Gasteiger partial charge in [-0.05, 0) is 57.9 Å². The highest BCUT2D eigenvalue weighted by Gasteiger charge is 2.33. The van der Waals surface area contributed by atoms with Crippen LogP contribution < -0.4 is 10.2 Å². The van der Waals surface area contributed by atoms with Gasteiger partial charge in [0.2, 0.25) is 5.91 Å². The summed E-state index contributed by atoms with van der Waals surface area (Å²) in [6.45, 7) is 7.73. The van der Waals surface area contributed by atoms with E-state index < -0.39 is 6.04 Å². The van der Waals surface area contributed by atoms with Gasteiger partial charge < -0.3 is 15.1 Å². The molecule has 0 unspecified atom stereocenters. The van der Waals surface area contributed by atoms with Gasteiger partial charge in [-0.25, -0.2) is 4.63 Å². The van der Waals surface area contributed by atoms with E-state index in [2.05, 4.69) is 31.2 Å². The van der Waals surface area contributed by atoms with E-state index in [9.17, 15) is 9.59 Å². The molecule has 2 fully saturated rings. The normalized spacial score (nSPS) is 19.8.